The summed E-state index contributed by atoms with van der Waals surface area (Å²) in [6.45, 7) is 1.36. The van der Waals surface area contributed by atoms with Crippen LogP contribution in [-0.4, -0.2) is 43.1 Å². The highest BCUT2D eigenvalue weighted by molar-refractivity contribution is 5.88. The third-order valence-electron chi connectivity index (χ3n) is 4.35. The second-order valence-electron chi connectivity index (χ2n) is 5.98. The number of rotatable bonds is 2. The normalized spacial score (nSPS) is 14.2. The van der Waals surface area contributed by atoms with Gasteiger partial charge in [0.05, 0.1) is 6.20 Å². The molecule has 2 aromatic heterocycles. The van der Waals surface area contributed by atoms with Gasteiger partial charge < -0.3 is 4.90 Å². The average Bonchev–Trinajstić information content (AvgIpc) is 2.83. The van der Waals surface area contributed by atoms with Crippen molar-refractivity contribution >= 4 is 29.3 Å². The maximum Gasteiger partial charge on any atom is 0.338 e. The Balaban J connectivity index is 1.74. The Hall–Kier alpha value is -3.22. The largest absolute Gasteiger partial charge is 0.338 e. The third kappa shape index (κ3) is 2.63. The first kappa shape index (κ1) is 15.3. The zero-order valence-electron chi connectivity index (χ0n) is 13.8. The highest BCUT2D eigenvalue weighted by Gasteiger charge is 2.26. The molecular weight excluding hydrogens is 318 g/mol. The molecule has 1 aliphatic rings. The molecule has 25 heavy (non-hydrogen) atoms. The SMILES string of the molecule is Cn1c(=O)n(C(=O)N2CCC2)c2cnc(/C=C/c3ccccc3)nc21. The predicted molar refractivity (Wildman–Crippen MR) is 95.1 cm³/mol. The topological polar surface area (TPSA) is 73.0 Å². The summed E-state index contributed by atoms with van der Waals surface area (Å²) in [6, 6.07) is 9.51. The summed E-state index contributed by atoms with van der Waals surface area (Å²) in [4.78, 5) is 35.3. The number of nitrogens with zero attached hydrogens (tertiary/aromatic N) is 5. The number of aromatic nitrogens is 4. The number of aryl methyl sites for hydroxylation is 1. The van der Waals surface area contributed by atoms with Crippen LogP contribution in [0.25, 0.3) is 23.3 Å². The minimum Gasteiger partial charge on any atom is -0.324 e. The summed E-state index contributed by atoms with van der Waals surface area (Å²) in [7, 11) is 1.61. The van der Waals surface area contributed by atoms with Crippen LogP contribution in [0.2, 0.25) is 0 Å². The van der Waals surface area contributed by atoms with E-state index < -0.39 is 5.69 Å². The van der Waals surface area contributed by atoms with Gasteiger partial charge in [-0.05, 0) is 18.1 Å². The van der Waals surface area contributed by atoms with E-state index in [1.54, 1.807) is 18.0 Å². The van der Waals surface area contributed by atoms with E-state index in [4.69, 9.17) is 0 Å². The van der Waals surface area contributed by atoms with Gasteiger partial charge in [0, 0.05) is 20.1 Å². The van der Waals surface area contributed by atoms with Gasteiger partial charge >= 0.3 is 11.7 Å². The van der Waals surface area contributed by atoms with Crippen LogP contribution in [0.15, 0.2) is 41.3 Å². The molecule has 1 aliphatic heterocycles. The molecule has 0 bridgehead atoms. The molecule has 0 aliphatic carbocycles. The first-order chi connectivity index (χ1) is 12.1. The van der Waals surface area contributed by atoms with Gasteiger partial charge in [0.2, 0.25) is 0 Å². The zero-order chi connectivity index (χ0) is 17.4. The van der Waals surface area contributed by atoms with Crippen molar-refractivity contribution in [3.8, 4) is 0 Å². The van der Waals surface area contributed by atoms with E-state index in [1.165, 1.54) is 10.8 Å². The third-order valence-corrected chi connectivity index (χ3v) is 4.35. The summed E-state index contributed by atoms with van der Waals surface area (Å²) in [5, 5.41) is 0. The summed E-state index contributed by atoms with van der Waals surface area (Å²) >= 11 is 0. The van der Waals surface area contributed by atoms with Crippen molar-refractivity contribution < 1.29 is 4.79 Å². The quantitative estimate of drug-likeness (QED) is 0.718. The van der Waals surface area contributed by atoms with Crippen LogP contribution in [0.1, 0.15) is 17.8 Å². The number of benzene rings is 1. The Morgan fingerprint density at radius 2 is 1.92 bits per heavy atom. The monoisotopic (exact) mass is 335 g/mol. The van der Waals surface area contributed by atoms with Crippen molar-refractivity contribution in [2.45, 2.75) is 6.42 Å². The molecule has 126 valence electrons. The molecule has 1 amide bonds. The summed E-state index contributed by atoms with van der Waals surface area (Å²) < 4.78 is 2.54. The summed E-state index contributed by atoms with van der Waals surface area (Å²) in [6.07, 6.45) is 6.19. The fraction of sp³-hybridized carbons (Fsp3) is 0.222. The van der Waals surface area contributed by atoms with Crippen molar-refractivity contribution in [3.63, 3.8) is 0 Å². The van der Waals surface area contributed by atoms with Gasteiger partial charge in [0.25, 0.3) is 0 Å². The first-order valence-corrected chi connectivity index (χ1v) is 8.12. The van der Waals surface area contributed by atoms with Crippen LogP contribution in [0.5, 0.6) is 0 Å². The number of imidazole rings is 1. The lowest BCUT2D eigenvalue weighted by Gasteiger charge is -2.30. The molecule has 0 unspecified atom stereocenters. The van der Waals surface area contributed by atoms with E-state index in [9.17, 15) is 9.59 Å². The molecule has 1 aromatic carbocycles. The van der Waals surface area contributed by atoms with Gasteiger partial charge in [0.15, 0.2) is 11.5 Å². The highest BCUT2D eigenvalue weighted by atomic mass is 16.2. The minimum absolute atomic E-state index is 0.307. The van der Waals surface area contributed by atoms with Crippen molar-refractivity contribution in [2.24, 2.45) is 7.05 Å². The van der Waals surface area contributed by atoms with Crippen molar-refractivity contribution in [3.05, 3.63) is 58.4 Å². The Bertz CT molecular complexity index is 1030. The van der Waals surface area contributed by atoms with E-state index >= 15 is 0 Å². The maximum atomic E-state index is 12.5. The van der Waals surface area contributed by atoms with Crippen LogP contribution in [0, 0.1) is 0 Å². The number of likely N-dealkylation sites (tertiary alicyclic amines) is 1. The van der Waals surface area contributed by atoms with Crippen molar-refractivity contribution in [1.82, 2.24) is 24.0 Å². The molecular formula is C18H17N5O2. The van der Waals surface area contributed by atoms with Gasteiger partial charge in [0.1, 0.15) is 5.52 Å². The van der Waals surface area contributed by atoms with E-state index in [0.717, 1.165) is 16.6 Å². The van der Waals surface area contributed by atoms with E-state index in [0.29, 0.717) is 30.1 Å². The predicted octanol–water partition coefficient (Wildman–Crippen LogP) is 1.97. The molecule has 4 rings (SSSR count). The molecule has 0 N–H and O–H groups in total. The van der Waals surface area contributed by atoms with Crippen LogP contribution in [-0.2, 0) is 7.05 Å². The average molecular weight is 335 g/mol. The Kier molecular flexibility index (Phi) is 3.68. The number of fused-ring (bicyclic) bond motifs is 1. The van der Waals surface area contributed by atoms with Gasteiger partial charge in [-0.1, -0.05) is 36.4 Å². The van der Waals surface area contributed by atoms with Crippen LogP contribution in [0.3, 0.4) is 0 Å². The molecule has 0 spiro atoms. The van der Waals surface area contributed by atoms with E-state index in [-0.39, 0.29) is 6.03 Å². The summed E-state index contributed by atoms with van der Waals surface area (Å²) in [5.41, 5.74) is 1.51. The van der Waals surface area contributed by atoms with Gasteiger partial charge in [-0.2, -0.15) is 0 Å². The second kappa shape index (κ2) is 6.01. The first-order valence-electron chi connectivity index (χ1n) is 8.12. The molecule has 0 saturated carbocycles. The number of carbonyl (C=O) groups is 1. The molecule has 1 saturated heterocycles. The Morgan fingerprint density at radius 3 is 2.60 bits per heavy atom. The van der Waals surface area contributed by atoms with Gasteiger partial charge in [-0.15, -0.1) is 0 Å². The smallest absolute Gasteiger partial charge is 0.324 e. The molecule has 0 atom stereocenters. The van der Waals surface area contributed by atoms with Crippen molar-refractivity contribution in [1.29, 1.82) is 0 Å². The Labute approximate surface area is 143 Å². The van der Waals surface area contributed by atoms with Crippen LogP contribution < -0.4 is 5.69 Å². The number of hydrogen-bond acceptors (Lipinski definition) is 4. The molecule has 7 heteroatoms. The number of amides is 1. The van der Waals surface area contributed by atoms with Crippen LogP contribution >= 0.6 is 0 Å². The van der Waals surface area contributed by atoms with E-state index in [2.05, 4.69) is 9.97 Å². The highest BCUT2D eigenvalue weighted by Crippen LogP contribution is 2.14. The minimum atomic E-state index is -0.398. The lowest BCUT2D eigenvalue weighted by atomic mass is 10.2. The second-order valence-corrected chi connectivity index (χ2v) is 5.98. The lowest BCUT2D eigenvalue weighted by Crippen LogP contribution is -2.47. The van der Waals surface area contributed by atoms with E-state index in [1.807, 2.05) is 36.4 Å². The molecule has 3 aromatic rings. The maximum absolute atomic E-state index is 12.5. The number of carbonyl (C=O) groups excluding carboxylic acids is 1. The Morgan fingerprint density at radius 1 is 1.16 bits per heavy atom. The van der Waals surface area contributed by atoms with Gasteiger partial charge in [-0.3, -0.25) is 4.57 Å². The molecule has 0 radical (unpaired) electrons. The number of hydrogen-bond donors (Lipinski definition) is 0. The molecule has 1 fully saturated rings. The van der Waals surface area contributed by atoms with Crippen molar-refractivity contribution in [2.75, 3.05) is 13.1 Å². The summed E-state index contributed by atoms with van der Waals surface area (Å²) in [5.74, 6) is 0.487. The van der Waals surface area contributed by atoms with Crippen LogP contribution in [0.4, 0.5) is 4.79 Å². The molecule has 3 heterocycles. The zero-order valence-corrected chi connectivity index (χ0v) is 13.8. The fourth-order valence-electron chi connectivity index (χ4n) is 2.78. The lowest BCUT2D eigenvalue weighted by molar-refractivity contribution is 0.169. The van der Waals surface area contributed by atoms with Gasteiger partial charge in [-0.25, -0.2) is 24.1 Å². The molecule has 7 nitrogen and oxygen atoms in total. The standard InChI is InChI=1S/C18H17N5O2/c1-21-16-14(23(17(21)24)18(25)22-10-5-11-22)12-19-15(20-16)9-8-13-6-3-2-4-7-13/h2-4,6-9,12H,5,10-11H2,1H3/b9-8+. The fourth-order valence-corrected chi connectivity index (χ4v) is 2.78.